The van der Waals surface area contributed by atoms with Crippen LogP contribution in [0.25, 0.3) is 0 Å². The summed E-state index contributed by atoms with van der Waals surface area (Å²) >= 11 is 0. The Morgan fingerprint density at radius 3 is 1.78 bits per heavy atom. The third kappa shape index (κ3) is 3.69. The van der Waals surface area contributed by atoms with Crippen LogP contribution < -0.4 is 0 Å². The molecule has 0 radical (unpaired) electrons. The van der Waals surface area contributed by atoms with Crippen LogP contribution in [0.3, 0.4) is 0 Å². The molecule has 6 atom stereocenters. The van der Waals surface area contributed by atoms with E-state index in [9.17, 15) is 10.2 Å². The van der Waals surface area contributed by atoms with Gasteiger partial charge in [-0.05, 0) is 12.3 Å². The van der Waals surface area contributed by atoms with Gasteiger partial charge in [0.15, 0.2) is 0 Å². The fraction of sp³-hybridized carbons (Fsp3) is 0.857. The SMILES string of the molecule is OC1CC2C[CH-]C1C2.OC1CC2[CH-]CC1C2.[W].[W]. The van der Waals surface area contributed by atoms with Crippen LogP contribution in [0.2, 0.25) is 0 Å². The quantitative estimate of drug-likeness (QED) is 0.425. The van der Waals surface area contributed by atoms with Crippen molar-refractivity contribution in [2.24, 2.45) is 23.7 Å². The van der Waals surface area contributed by atoms with E-state index < -0.39 is 0 Å². The van der Waals surface area contributed by atoms with Gasteiger partial charge in [-0.3, -0.25) is 0 Å². The normalized spacial score (nSPS) is 47.0. The molecular formula is C14H22O2W2-2. The maximum Gasteiger partial charge on any atom is 0.0521 e. The molecule has 18 heavy (non-hydrogen) atoms. The van der Waals surface area contributed by atoms with Gasteiger partial charge >= 0.3 is 0 Å². The zero-order valence-electron chi connectivity index (χ0n) is 10.6. The van der Waals surface area contributed by atoms with E-state index in [0.717, 1.165) is 24.7 Å². The Balaban J connectivity index is 0.000000162. The minimum atomic E-state index is 0. The predicted octanol–water partition coefficient (Wildman–Crippen LogP) is 1.96. The van der Waals surface area contributed by atoms with Crippen LogP contribution in [0, 0.1) is 36.5 Å². The van der Waals surface area contributed by atoms with Crippen molar-refractivity contribution in [2.75, 3.05) is 0 Å². The van der Waals surface area contributed by atoms with Gasteiger partial charge in [0.2, 0.25) is 0 Å². The molecule has 4 fully saturated rings. The summed E-state index contributed by atoms with van der Waals surface area (Å²) in [6.45, 7) is 0. The molecule has 4 saturated carbocycles. The molecule has 4 aliphatic carbocycles. The van der Waals surface area contributed by atoms with Crippen LogP contribution in [0.5, 0.6) is 0 Å². The minimum Gasteiger partial charge on any atom is -0.396 e. The number of aliphatic hydroxyl groups is 2. The van der Waals surface area contributed by atoms with Crippen molar-refractivity contribution in [3.63, 3.8) is 0 Å². The third-order valence-electron chi connectivity index (χ3n) is 4.91. The van der Waals surface area contributed by atoms with Gasteiger partial charge < -0.3 is 23.1 Å². The average Bonchev–Trinajstić information content (AvgIpc) is 2.94. The molecule has 4 rings (SSSR count). The molecular weight excluding hydrogens is 568 g/mol. The van der Waals surface area contributed by atoms with Gasteiger partial charge in [-0.1, -0.05) is 25.2 Å². The largest absolute Gasteiger partial charge is 0.396 e. The minimum absolute atomic E-state index is 0. The second-order valence-corrected chi connectivity index (χ2v) is 6.07. The molecule has 0 aliphatic heterocycles. The van der Waals surface area contributed by atoms with E-state index in [-0.39, 0.29) is 54.3 Å². The predicted molar refractivity (Wildman–Crippen MR) is 62.3 cm³/mol. The standard InChI is InChI=1S/2C7H11O.2W/c2*8-7-4-5-1-2-6(7)3-5;;/h2,5-8H,1,3-4H2;1,5-8H,2-4H2;;/q2*-1;;. The van der Waals surface area contributed by atoms with Crippen LogP contribution in [-0.4, -0.2) is 22.4 Å². The summed E-state index contributed by atoms with van der Waals surface area (Å²) in [7, 11) is 0. The van der Waals surface area contributed by atoms with Crippen molar-refractivity contribution in [3.8, 4) is 0 Å². The summed E-state index contributed by atoms with van der Waals surface area (Å²) in [4.78, 5) is 0. The number of aliphatic hydroxyl groups excluding tert-OH is 2. The van der Waals surface area contributed by atoms with Gasteiger partial charge in [0.1, 0.15) is 0 Å². The summed E-state index contributed by atoms with van der Waals surface area (Å²) in [6.07, 6.45) is 11.8. The maximum atomic E-state index is 9.20. The molecule has 6 unspecified atom stereocenters. The molecule has 0 saturated heterocycles. The second kappa shape index (κ2) is 7.35. The molecule has 4 aliphatic rings. The molecule has 0 amide bonds. The van der Waals surface area contributed by atoms with E-state index in [1.165, 1.54) is 25.7 Å². The third-order valence-corrected chi connectivity index (χ3v) is 4.91. The molecule has 0 heterocycles. The fourth-order valence-electron chi connectivity index (χ4n) is 3.93. The van der Waals surface area contributed by atoms with Crippen molar-refractivity contribution in [2.45, 2.75) is 50.7 Å². The molecule has 0 spiro atoms. The van der Waals surface area contributed by atoms with E-state index in [1.54, 1.807) is 0 Å². The van der Waals surface area contributed by atoms with Gasteiger partial charge in [0.25, 0.3) is 0 Å². The number of hydrogen-bond acceptors (Lipinski definition) is 2. The summed E-state index contributed by atoms with van der Waals surface area (Å²) in [5, 5.41) is 18.4. The Morgan fingerprint density at radius 1 is 0.778 bits per heavy atom. The van der Waals surface area contributed by atoms with Crippen molar-refractivity contribution >= 4 is 0 Å². The number of hydrogen-bond donors (Lipinski definition) is 2. The Labute approximate surface area is 139 Å². The second-order valence-electron chi connectivity index (χ2n) is 6.07. The molecule has 2 N–H and O–H groups in total. The van der Waals surface area contributed by atoms with Crippen molar-refractivity contribution in [1.82, 2.24) is 0 Å². The van der Waals surface area contributed by atoms with Crippen LogP contribution >= 0.6 is 0 Å². The van der Waals surface area contributed by atoms with Crippen LogP contribution in [0.4, 0.5) is 0 Å². The fourth-order valence-corrected chi connectivity index (χ4v) is 3.93. The van der Waals surface area contributed by atoms with E-state index in [1.807, 2.05) is 0 Å². The van der Waals surface area contributed by atoms with Crippen LogP contribution in [0.1, 0.15) is 38.5 Å². The van der Waals surface area contributed by atoms with Gasteiger partial charge in [0, 0.05) is 48.2 Å². The monoisotopic (exact) mass is 590 g/mol. The van der Waals surface area contributed by atoms with E-state index >= 15 is 0 Å². The molecule has 0 aromatic heterocycles. The molecule has 4 heteroatoms. The first-order valence-electron chi connectivity index (χ1n) is 6.75. The smallest absolute Gasteiger partial charge is 0.0521 e. The Hall–Kier alpha value is 1.30. The molecule has 0 aromatic rings. The average molecular weight is 590 g/mol. The number of rotatable bonds is 0. The summed E-state index contributed by atoms with van der Waals surface area (Å²) in [5.74, 6) is 2.82. The molecule has 0 aromatic carbocycles. The van der Waals surface area contributed by atoms with Crippen molar-refractivity contribution < 1.29 is 52.3 Å². The van der Waals surface area contributed by atoms with Gasteiger partial charge in [-0.2, -0.15) is 18.8 Å². The first-order valence-corrected chi connectivity index (χ1v) is 6.75. The summed E-state index contributed by atoms with van der Waals surface area (Å²) < 4.78 is 0. The Bertz CT molecular complexity index is 232. The first-order chi connectivity index (χ1) is 7.72. The van der Waals surface area contributed by atoms with Gasteiger partial charge in [-0.25, -0.2) is 0 Å². The summed E-state index contributed by atoms with van der Waals surface area (Å²) in [5.41, 5.74) is 0. The first kappa shape index (κ1) is 17.3. The van der Waals surface area contributed by atoms with Crippen LogP contribution in [-0.2, 0) is 42.1 Å². The van der Waals surface area contributed by atoms with Gasteiger partial charge in [0.05, 0.1) is 6.10 Å². The molecule has 4 bridgehead atoms. The number of fused-ring (bicyclic) bond motifs is 4. The Kier molecular flexibility index (Phi) is 7.08. The van der Waals surface area contributed by atoms with Crippen molar-refractivity contribution in [1.29, 1.82) is 0 Å². The van der Waals surface area contributed by atoms with Crippen molar-refractivity contribution in [3.05, 3.63) is 12.8 Å². The Morgan fingerprint density at radius 2 is 1.56 bits per heavy atom. The van der Waals surface area contributed by atoms with E-state index in [0.29, 0.717) is 11.8 Å². The van der Waals surface area contributed by atoms with Crippen LogP contribution in [0.15, 0.2) is 0 Å². The topological polar surface area (TPSA) is 40.5 Å². The van der Waals surface area contributed by atoms with Gasteiger partial charge in [-0.15, -0.1) is 5.92 Å². The van der Waals surface area contributed by atoms with E-state index in [4.69, 9.17) is 0 Å². The summed E-state index contributed by atoms with van der Waals surface area (Å²) in [6, 6.07) is 0. The maximum absolute atomic E-state index is 9.20. The van der Waals surface area contributed by atoms with E-state index in [2.05, 4.69) is 12.8 Å². The molecule has 2 nitrogen and oxygen atoms in total. The zero-order valence-corrected chi connectivity index (χ0v) is 16.4. The molecule has 104 valence electrons. The zero-order chi connectivity index (χ0) is 11.1.